The van der Waals surface area contributed by atoms with Crippen LogP contribution in [0.3, 0.4) is 0 Å². The van der Waals surface area contributed by atoms with E-state index in [9.17, 15) is 70.9 Å². The van der Waals surface area contributed by atoms with Gasteiger partial charge in [-0.05, 0) is 172 Å². The molecule has 8 aliphatic heterocycles. The summed E-state index contributed by atoms with van der Waals surface area (Å²) in [6, 6.07) is 6.55. The zero-order valence-corrected chi connectivity index (χ0v) is 73.5. The summed E-state index contributed by atoms with van der Waals surface area (Å²) in [5.74, 6) is -15.5. The summed E-state index contributed by atoms with van der Waals surface area (Å²) in [7, 11) is 1.44. The molecule has 7 aromatic carbocycles. The van der Waals surface area contributed by atoms with Crippen LogP contribution >= 0.6 is 23.2 Å². The third-order valence-corrected chi connectivity index (χ3v) is 24.3. The van der Waals surface area contributed by atoms with Gasteiger partial charge in [0.15, 0.2) is 23.0 Å². The van der Waals surface area contributed by atoms with Crippen molar-refractivity contribution in [2.45, 2.75) is 200 Å². The minimum Gasteiger partial charge on any atom is -0.508 e. The number of carbonyl (C=O) groups is 8. The number of halogens is 2. The van der Waals surface area contributed by atoms with Gasteiger partial charge >= 0.3 is 0 Å². The number of nitrogens with one attached hydrogen (secondary N) is 11. The second kappa shape index (κ2) is 44.8. The lowest BCUT2D eigenvalue weighted by atomic mass is 9.89. The lowest BCUT2D eigenvalue weighted by Gasteiger charge is -2.42. The number of phenols is 4. The first kappa shape index (κ1) is 98.0. The molecule has 0 aliphatic carbocycles. The van der Waals surface area contributed by atoms with Crippen LogP contribution in [0.1, 0.15) is 159 Å². The average molecular weight is 1870 g/mol. The zero-order chi connectivity index (χ0) is 94.3. The molecule has 7 aromatic rings. The molecular formula is C91H110Cl2N12O27. The fraction of sp³-hybridized carbons (Fsp3) is 0.451. The molecule has 8 amide bonds. The molecule has 2 saturated heterocycles. The molecule has 0 unspecified atom stereocenters. The number of aliphatic hydroxyl groups excluding tert-OH is 8. The molecule has 18 atom stereocenters. The molecule has 710 valence electrons. The summed E-state index contributed by atoms with van der Waals surface area (Å²) < 4.78 is 45.1. The van der Waals surface area contributed by atoms with Gasteiger partial charge in [-0.1, -0.05) is 105 Å². The fourth-order valence-corrected chi connectivity index (χ4v) is 16.9. The number of amides is 8. The highest BCUT2D eigenvalue weighted by Gasteiger charge is 2.50. The highest BCUT2D eigenvalue weighted by atomic mass is 35.5. The van der Waals surface area contributed by atoms with E-state index in [-0.39, 0.29) is 59.9 Å². The quantitative estimate of drug-likeness (QED) is 0.0299. The van der Waals surface area contributed by atoms with Gasteiger partial charge in [-0.25, -0.2) is 0 Å². The number of fused-ring (bicyclic) bond motifs is 14. The largest absolute Gasteiger partial charge is 0.508 e. The van der Waals surface area contributed by atoms with Crippen LogP contribution in [0.4, 0.5) is 0 Å². The number of aromatic hydroxyl groups is 4. The molecule has 0 spiro atoms. The third-order valence-electron chi connectivity index (χ3n) is 23.6. The molecule has 41 heteroatoms. The lowest BCUT2D eigenvalue weighted by molar-refractivity contribution is -0.277. The summed E-state index contributed by atoms with van der Waals surface area (Å²) >= 11 is 14.4. The van der Waals surface area contributed by atoms with Crippen molar-refractivity contribution in [3.63, 3.8) is 0 Å². The van der Waals surface area contributed by atoms with Gasteiger partial charge in [0.1, 0.15) is 137 Å². The van der Waals surface area contributed by atoms with Gasteiger partial charge in [-0.3, -0.25) is 38.4 Å². The number of ether oxygens (including phenoxy) is 7. The van der Waals surface area contributed by atoms with E-state index in [1.165, 1.54) is 61.6 Å². The summed E-state index contributed by atoms with van der Waals surface area (Å²) in [5, 5.41) is 169. The van der Waals surface area contributed by atoms with Crippen LogP contribution < -0.4 is 87.9 Å². The van der Waals surface area contributed by atoms with E-state index in [1.807, 2.05) is 0 Å². The number of phenolic OH excluding ortho intramolecular Hbond substituents is 4. The summed E-state index contributed by atoms with van der Waals surface area (Å²) in [6.07, 6.45) is -11.3. The molecule has 8 aliphatic rings. The number of likely N-dealkylation sites (N-methyl/N-ethyl adjacent to an activating group) is 1. The van der Waals surface area contributed by atoms with Crippen molar-refractivity contribution >= 4 is 70.5 Å². The molecular weight excluding hydrogens is 1760 g/mol. The molecule has 39 nitrogen and oxygen atoms in total. The Morgan fingerprint density at radius 3 is 1.80 bits per heavy atom. The van der Waals surface area contributed by atoms with Crippen LogP contribution in [0.5, 0.6) is 69.0 Å². The van der Waals surface area contributed by atoms with Crippen LogP contribution in [0, 0.1) is 0 Å². The molecule has 15 rings (SSSR count). The maximum absolute atomic E-state index is 16.9. The Kier molecular flexibility index (Phi) is 33.3. The van der Waals surface area contributed by atoms with Gasteiger partial charge in [0.2, 0.25) is 65.6 Å². The minimum atomic E-state index is -2.41. The molecule has 132 heavy (non-hydrogen) atoms. The predicted octanol–water partition coefficient (Wildman–Crippen LogP) is 3.19. The van der Waals surface area contributed by atoms with Crippen molar-refractivity contribution < 1.29 is 133 Å². The van der Waals surface area contributed by atoms with Gasteiger partial charge in [0.05, 0.1) is 23.3 Å². The predicted molar refractivity (Wildman–Crippen MR) is 472 cm³/mol. The number of carbonyl (C=O) groups excluding carboxylic acids is 8. The van der Waals surface area contributed by atoms with Crippen molar-refractivity contribution in [3.8, 4) is 80.1 Å². The Hall–Kier alpha value is -11.5. The molecule has 8 heterocycles. The molecule has 2 fully saturated rings. The smallest absolute Gasteiger partial charge is 0.248 e. The van der Waals surface area contributed by atoms with Crippen LogP contribution in [0.25, 0.3) is 11.1 Å². The number of hydrogen-bond donors (Lipinski definition) is 24. The van der Waals surface area contributed by atoms with E-state index in [0.29, 0.717) is 44.6 Å². The van der Waals surface area contributed by atoms with Gasteiger partial charge in [0, 0.05) is 48.2 Å². The van der Waals surface area contributed by atoms with Crippen molar-refractivity contribution in [2.24, 2.45) is 5.73 Å². The fourth-order valence-electron chi connectivity index (χ4n) is 16.4. The normalized spacial score (nSPS) is 25.4. The molecule has 0 aromatic heterocycles. The van der Waals surface area contributed by atoms with E-state index in [0.717, 1.165) is 119 Å². The second-order valence-electron chi connectivity index (χ2n) is 33.0. The minimum absolute atomic E-state index is 0.0760. The number of unbranched alkanes of at least 4 members (excludes halogenated alkanes) is 7. The SMILES string of the molecule is CCCCCCCCCCC(=O)N[C@H]1[C@H](Oc2c3cc4cc2Oc2ccc(cc2Cl)[C@@H](O)[C@@H]2NC(=O)[C@H](NC(=O)[C@@H]4NC(=O)[C@H]4NC(=O)[C@@H](Cc5ccc(cc5)O3)NC(=O)[C@@H](NC)c3ccc(O)c(c3)Oc3cc(O)c(Cl)c4c3)c3ccc(O)c(c3)-c3c(O[C@H]4O[C@H](CO)[C@@H](O)[C@H](O)[C@@H]4O)cc(O)cc3[C@@H](C(=O)NCCCNCCCNCCCN)NC2=O)O[C@H](CO)[C@@H](O)[C@@H]1O. The summed E-state index contributed by atoms with van der Waals surface area (Å²) in [5.41, 5.74) is 3.17. The summed E-state index contributed by atoms with van der Waals surface area (Å²) in [6.45, 7) is 2.93. The van der Waals surface area contributed by atoms with Gasteiger partial charge in [0.25, 0.3) is 0 Å². The zero-order valence-electron chi connectivity index (χ0n) is 72.0. The van der Waals surface area contributed by atoms with Gasteiger partial charge in [-0.15, -0.1) is 0 Å². The number of rotatable bonds is 29. The van der Waals surface area contributed by atoms with E-state index in [1.54, 1.807) is 0 Å². The number of aliphatic hydroxyl groups is 8. The molecule has 0 radical (unpaired) electrons. The lowest BCUT2D eigenvalue weighted by Crippen LogP contribution is -2.65. The van der Waals surface area contributed by atoms with Crippen molar-refractivity contribution in [1.29, 1.82) is 0 Å². The molecule has 17 bridgehead atoms. The molecule has 25 N–H and O–H groups in total. The second-order valence-corrected chi connectivity index (χ2v) is 33.8. The number of hydrogen-bond acceptors (Lipinski definition) is 31. The Morgan fingerprint density at radius 1 is 0.508 bits per heavy atom. The first-order valence-electron chi connectivity index (χ1n) is 43.8. The first-order valence-corrected chi connectivity index (χ1v) is 44.5. The monoisotopic (exact) mass is 1870 g/mol. The van der Waals surface area contributed by atoms with Crippen LogP contribution in [-0.2, 0) is 54.3 Å². The van der Waals surface area contributed by atoms with E-state index < -0.39 is 260 Å². The van der Waals surface area contributed by atoms with Crippen LogP contribution in [-0.4, -0.2) is 241 Å². The standard InChI is InChI=1S/C91H110Cl2N12O27/c1-3-4-5-6-7-8-9-10-14-66(112)100-75-79(116)77(114)64(41-106)130-90(75)132-82-62-35-47-36-63(82)128-59-24-19-46(33-54(59)92)76(113)74-89(125)104-72(84(120)98-30-13-29-97-28-12-27-96-26-11-25-94)52-37-48(108)38-61(129-91-81(118)80(117)78(115)65(42-107)131-91)67(52)51-32-44(17-22-56(51)109)70(86(122)105-74)101-87(123)71(47)102-88(124)73-53-39-50(40-58(111)68(53)93)127-60-34-45(18-23-57(60)110)69(95-2)85(121)99-55(83(119)103-73)31-43-15-20-49(126-62)21-16-43/h15-24,32-40,55,64-65,69-81,90-91,95-97,106-111,113-118H,3-14,25-31,41-42,94H2,1-2H3,(H,98,120)(H,99,121)(H,100,112)(H,101,123)(H,102,124)(H,103,119)(H,104,125)(H,105,122)/t55-,64-,65-,69+,70-,71-,72+,73+,74+,75-,76-,77-,78-,79-,80+,81+,90+,91+/m1/s1. The maximum atomic E-state index is 16.9. The topological polar surface area (TPSA) is 602 Å². The Labute approximate surface area is 767 Å². The van der Waals surface area contributed by atoms with E-state index in [4.69, 9.17) is 62.1 Å². The Balaban J connectivity index is 1.02. The Bertz CT molecular complexity index is 5320. The van der Waals surface area contributed by atoms with Crippen LogP contribution in [0.15, 0.2) is 115 Å². The van der Waals surface area contributed by atoms with Gasteiger partial charge in [-0.2, -0.15) is 0 Å². The first-order chi connectivity index (χ1) is 63.5. The highest BCUT2D eigenvalue weighted by molar-refractivity contribution is 6.33. The van der Waals surface area contributed by atoms with E-state index in [2.05, 4.69) is 65.4 Å². The maximum Gasteiger partial charge on any atom is 0.248 e. The average Bonchev–Trinajstić information content (AvgIpc) is 0.755. The number of benzene rings is 7. The highest BCUT2D eigenvalue weighted by Crippen LogP contribution is 2.51. The summed E-state index contributed by atoms with van der Waals surface area (Å²) in [4.78, 5) is 126. The van der Waals surface area contributed by atoms with E-state index >= 15 is 28.8 Å². The molecule has 0 saturated carbocycles. The van der Waals surface area contributed by atoms with Crippen molar-refractivity contribution in [3.05, 3.63) is 164 Å². The van der Waals surface area contributed by atoms with Crippen LogP contribution in [0.2, 0.25) is 10.0 Å². The van der Waals surface area contributed by atoms with Crippen molar-refractivity contribution in [1.82, 2.24) is 58.5 Å². The third kappa shape index (κ3) is 23.0. The Morgan fingerprint density at radius 2 is 1.11 bits per heavy atom. The van der Waals surface area contributed by atoms with Crippen molar-refractivity contribution in [2.75, 3.05) is 59.5 Å². The number of nitrogens with two attached hydrogens (primary N) is 1. The van der Waals surface area contributed by atoms with Gasteiger partial charge < -0.3 is 159 Å².